The Kier molecular flexibility index (Phi) is 6.49. The number of guanidine groups is 1. The van der Waals surface area contributed by atoms with Crippen LogP contribution in [0.4, 0.5) is 0 Å². The largest absolute Gasteiger partial charge is 0.356 e. The van der Waals surface area contributed by atoms with Crippen molar-refractivity contribution < 1.29 is 4.79 Å². The fraction of sp³-hybridized carbons (Fsp3) is 0.579. The van der Waals surface area contributed by atoms with Crippen LogP contribution in [-0.4, -0.2) is 37.5 Å². The SMILES string of the molecule is CN=C(NCC(=O)NC(C)(C)C)NCC1(c2cccc(Br)c2)CCC1. The van der Waals surface area contributed by atoms with E-state index in [-0.39, 0.29) is 23.4 Å². The summed E-state index contributed by atoms with van der Waals surface area (Å²) in [5, 5.41) is 9.42. The number of amides is 1. The Balaban J connectivity index is 1.90. The molecule has 1 aliphatic carbocycles. The van der Waals surface area contributed by atoms with Gasteiger partial charge in [0.05, 0.1) is 6.54 Å². The number of nitrogens with one attached hydrogen (secondary N) is 3. The molecule has 0 aromatic heterocycles. The molecule has 1 fully saturated rings. The van der Waals surface area contributed by atoms with Gasteiger partial charge in [0.2, 0.25) is 5.91 Å². The van der Waals surface area contributed by atoms with E-state index in [2.05, 4.69) is 61.1 Å². The van der Waals surface area contributed by atoms with Crippen LogP contribution in [-0.2, 0) is 10.2 Å². The first-order valence-electron chi connectivity index (χ1n) is 8.76. The van der Waals surface area contributed by atoms with Gasteiger partial charge < -0.3 is 16.0 Å². The van der Waals surface area contributed by atoms with Gasteiger partial charge in [-0.2, -0.15) is 0 Å². The molecule has 2 rings (SSSR count). The van der Waals surface area contributed by atoms with E-state index in [1.165, 1.54) is 12.0 Å². The molecular formula is C19H29BrN4O. The highest BCUT2D eigenvalue weighted by molar-refractivity contribution is 9.10. The van der Waals surface area contributed by atoms with Gasteiger partial charge in [0.15, 0.2) is 5.96 Å². The molecule has 0 radical (unpaired) electrons. The molecule has 138 valence electrons. The second kappa shape index (κ2) is 8.21. The molecule has 3 N–H and O–H groups in total. The molecule has 1 aromatic carbocycles. The van der Waals surface area contributed by atoms with E-state index in [4.69, 9.17) is 0 Å². The van der Waals surface area contributed by atoms with Gasteiger partial charge in [-0.25, -0.2) is 0 Å². The Morgan fingerprint density at radius 1 is 1.28 bits per heavy atom. The van der Waals surface area contributed by atoms with Crippen molar-refractivity contribution in [3.8, 4) is 0 Å². The van der Waals surface area contributed by atoms with Gasteiger partial charge in [0, 0.05) is 29.0 Å². The number of hydrogen-bond acceptors (Lipinski definition) is 2. The van der Waals surface area contributed by atoms with Crippen molar-refractivity contribution in [1.29, 1.82) is 0 Å². The molecule has 25 heavy (non-hydrogen) atoms. The normalized spacial score (nSPS) is 16.8. The van der Waals surface area contributed by atoms with Gasteiger partial charge in [-0.3, -0.25) is 9.79 Å². The van der Waals surface area contributed by atoms with Gasteiger partial charge in [-0.15, -0.1) is 0 Å². The average Bonchev–Trinajstić information content (AvgIpc) is 2.47. The van der Waals surface area contributed by atoms with Gasteiger partial charge >= 0.3 is 0 Å². The quantitative estimate of drug-likeness (QED) is 0.518. The molecule has 0 saturated heterocycles. The first-order chi connectivity index (χ1) is 11.7. The lowest BCUT2D eigenvalue weighted by atomic mass is 9.64. The Bertz CT molecular complexity index is 633. The van der Waals surface area contributed by atoms with Crippen LogP contribution in [0.25, 0.3) is 0 Å². The minimum Gasteiger partial charge on any atom is -0.356 e. The molecule has 0 spiro atoms. The van der Waals surface area contributed by atoms with Crippen molar-refractivity contribution in [1.82, 2.24) is 16.0 Å². The van der Waals surface area contributed by atoms with E-state index in [0.717, 1.165) is 23.9 Å². The molecule has 0 aliphatic heterocycles. The maximum Gasteiger partial charge on any atom is 0.239 e. The number of carbonyl (C=O) groups excluding carboxylic acids is 1. The van der Waals surface area contributed by atoms with Crippen LogP contribution in [0.3, 0.4) is 0 Å². The number of benzene rings is 1. The highest BCUT2D eigenvalue weighted by Gasteiger charge is 2.38. The third-order valence-electron chi connectivity index (χ3n) is 4.50. The molecular weight excluding hydrogens is 380 g/mol. The van der Waals surface area contributed by atoms with E-state index < -0.39 is 0 Å². The highest BCUT2D eigenvalue weighted by atomic mass is 79.9. The topological polar surface area (TPSA) is 65.5 Å². The molecule has 1 saturated carbocycles. The first-order valence-corrected chi connectivity index (χ1v) is 9.55. The molecule has 1 aromatic rings. The monoisotopic (exact) mass is 408 g/mol. The standard InChI is InChI=1S/C19H29BrN4O/c1-18(2,3)24-16(25)12-22-17(21-4)23-13-19(9-6-10-19)14-7-5-8-15(20)11-14/h5,7-8,11H,6,9-10,12-13H2,1-4H3,(H,24,25)(H2,21,22,23). The summed E-state index contributed by atoms with van der Waals surface area (Å²) in [6.45, 7) is 6.92. The molecule has 0 atom stereocenters. The van der Waals surface area contributed by atoms with Gasteiger partial charge in [0.1, 0.15) is 0 Å². The zero-order valence-electron chi connectivity index (χ0n) is 15.6. The summed E-state index contributed by atoms with van der Waals surface area (Å²) in [6, 6.07) is 8.54. The van der Waals surface area contributed by atoms with Crippen LogP contribution < -0.4 is 16.0 Å². The Morgan fingerprint density at radius 3 is 2.52 bits per heavy atom. The lowest BCUT2D eigenvalue weighted by Gasteiger charge is -2.43. The average molecular weight is 409 g/mol. The molecule has 5 nitrogen and oxygen atoms in total. The summed E-state index contributed by atoms with van der Waals surface area (Å²) in [7, 11) is 1.73. The number of rotatable bonds is 5. The van der Waals surface area contributed by atoms with E-state index in [1.807, 2.05) is 20.8 Å². The molecule has 0 bridgehead atoms. The third kappa shape index (κ3) is 5.73. The lowest BCUT2D eigenvalue weighted by Crippen LogP contribution is -2.51. The van der Waals surface area contributed by atoms with Gasteiger partial charge in [-0.1, -0.05) is 34.5 Å². The zero-order chi connectivity index (χ0) is 18.5. The van der Waals surface area contributed by atoms with Crippen LogP contribution in [0.1, 0.15) is 45.6 Å². The van der Waals surface area contributed by atoms with Crippen molar-refractivity contribution in [2.75, 3.05) is 20.1 Å². The minimum atomic E-state index is -0.230. The van der Waals surface area contributed by atoms with Crippen LogP contribution in [0.5, 0.6) is 0 Å². The van der Waals surface area contributed by atoms with Crippen molar-refractivity contribution in [3.05, 3.63) is 34.3 Å². The zero-order valence-corrected chi connectivity index (χ0v) is 17.2. The fourth-order valence-electron chi connectivity index (χ4n) is 3.09. The van der Waals surface area contributed by atoms with Crippen molar-refractivity contribution in [3.63, 3.8) is 0 Å². The van der Waals surface area contributed by atoms with Crippen LogP contribution >= 0.6 is 15.9 Å². The smallest absolute Gasteiger partial charge is 0.239 e. The number of carbonyl (C=O) groups is 1. The van der Waals surface area contributed by atoms with Gasteiger partial charge in [-0.05, 0) is 51.3 Å². The summed E-state index contributed by atoms with van der Waals surface area (Å²) in [5.41, 5.74) is 1.27. The Hall–Kier alpha value is -1.56. The summed E-state index contributed by atoms with van der Waals surface area (Å²) < 4.78 is 1.11. The third-order valence-corrected chi connectivity index (χ3v) is 4.99. The maximum atomic E-state index is 11.9. The van der Waals surface area contributed by atoms with Gasteiger partial charge in [0.25, 0.3) is 0 Å². The number of aliphatic imine (C=N–C) groups is 1. The van der Waals surface area contributed by atoms with Crippen molar-refractivity contribution in [2.24, 2.45) is 4.99 Å². The summed E-state index contributed by atoms with van der Waals surface area (Å²) in [4.78, 5) is 16.2. The second-order valence-corrected chi connectivity index (χ2v) is 8.64. The van der Waals surface area contributed by atoms with Crippen LogP contribution in [0, 0.1) is 0 Å². The summed E-state index contributed by atoms with van der Waals surface area (Å²) in [5.74, 6) is 0.617. The lowest BCUT2D eigenvalue weighted by molar-refractivity contribution is -0.121. The molecule has 6 heteroatoms. The van der Waals surface area contributed by atoms with Crippen molar-refractivity contribution in [2.45, 2.75) is 51.0 Å². The number of nitrogens with zero attached hydrogens (tertiary/aromatic N) is 1. The van der Waals surface area contributed by atoms with Crippen LogP contribution in [0.2, 0.25) is 0 Å². The summed E-state index contributed by atoms with van der Waals surface area (Å²) in [6.07, 6.45) is 3.57. The van der Waals surface area contributed by atoms with E-state index in [1.54, 1.807) is 7.05 Å². The Morgan fingerprint density at radius 2 is 2.00 bits per heavy atom. The van der Waals surface area contributed by atoms with E-state index >= 15 is 0 Å². The van der Waals surface area contributed by atoms with Crippen LogP contribution in [0.15, 0.2) is 33.7 Å². The second-order valence-electron chi connectivity index (χ2n) is 7.72. The van der Waals surface area contributed by atoms with E-state index in [0.29, 0.717) is 5.96 Å². The molecule has 0 unspecified atom stereocenters. The van der Waals surface area contributed by atoms with E-state index in [9.17, 15) is 4.79 Å². The summed E-state index contributed by atoms with van der Waals surface area (Å²) >= 11 is 3.57. The first kappa shape index (κ1) is 19.8. The highest BCUT2D eigenvalue weighted by Crippen LogP contribution is 2.43. The predicted molar refractivity (Wildman–Crippen MR) is 107 cm³/mol. The fourth-order valence-corrected chi connectivity index (χ4v) is 3.49. The number of halogens is 1. The minimum absolute atomic E-state index is 0.0409. The molecule has 0 heterocycles. The number of hydrogen-bond donors (Lipinski definition) is 3. The molecule has 1 aliphatic rings. The Labute approximate surface area is 159 Å². The molecule has 1 amide bonds. The van der Waals surface area contributed by atoms with Crippen molar-refractivity contribution >= 4 is 27.8 Å². The maximum absolute atomic E-state index is 11.9. The predicted octanol–water partition coefficient (Wildman–Crippen LogP) is 2.95.